The fraction of sp³-hybridized carbons (Fsp3) is 1.00. The molecule has 0 aromatic heterocycles. The molecule has 8 nitrogen and oxygen atoms in total. The number of nitrogens with zero attached hydrogens (tertiary/aromatic N) is 2. The van der Waals surface area contributed by atoms with Crippen molar-refractivity contribution in [1.82, 2.24) is 9.80 Å². The van der Waals surface area contributed by atoms with Crippen molar-refractivity contribution in [3.63, 3.8) is 0 Å². The van der Waals surface area contributed by atoms with Crippen LogP contribution in [0.2, 0.25) is 0 Å². The summed E-state index contributed by atoms with van der Waals surface area (Å²) in [7, 11) is -8.07. The van der Waals surface area contributed by atoms with Crippen LogP contribution in [-0.4, -0.2) is 73.7 Å². The van der Waals surface area contributed by atoms with E-state index < -0.39 is 32.0 Å². The topological polar surface area (TPSA) is 115 Å². The molecule has 0 aliphatic carbocycles. The van der Waals surface area contributed by atoms with Crippen molar-refractivity contribution < 1.29 is 25.9 Å². The Hall–Kier alpha value is -0.260. The molecule has 1 heterocycles. The van der Waals surface area contributed by atoms with Gasteiger partial charge in [0.05, 0.1) is 0 Å². The molecule has 0 aromatic rings. The second kappa shape index (κ2) is 4.94. The molecule has 0 atom stereocenters. The van der Waals surface area contributed by atoms with E-state index in [-0.39, 0.29) is 0 Å². The van der Waals surface area contributed by atoms with Crippen LogP contribution in [0.3, 0.4) is 0 Å². The zero-order chi connectivity index (χ0) is 12.4. The molecular weight excluding hydrogens is 260 g/mol. The van der Waals surface area contributed by atoms with Gasteiger partial charge in [-0.3, -0.25) is 18.9 Å². The maximum Gasteiger partial charge on any atom is 0.278 e. The minimum absolute atomic E-state index is 0.329. The van der Waals surface area contributed by atoms with E-state index in [9.17, 15) is 16.8 Å². The molecule has 1 saturated heterocycles. The molecule has 1 aliphatic rings. The smallest absolute Gasteiger partial charge is 0.278 e. The highest BCUT2D eigenvalue weighted by atomic mass is 32.2. The summed E-state index contributed by atoms with van der Waals surface area (Å²) in [5.74, 6) is -0.903. The highest BCUT2D eigenvalue weighted by Gasteiger charge is 2.22. The molecule has 0 bridgehead atoms. The maximum absolute atomic E-state index is 10.6. The first-order valence-corrected chi connectivity index (χ1v) is 7.72. The van der Waals surface area contributed by atoms with Crippen molar-refractivity contribution in [2.75, 3.05) is 37.9 Å². The molecule has 1 aliphatic heterocycles. The Labute approximate surface area is 94.3 Å². The van der Waals surface area contributed by atoms with Crippen molar-refractivity contribution in [3.05, 3.63) is 0 Å². The largest absolute Gasteiger partial charge is 0.285 e. The van der Waals surface area contributed by atoms with Crippen molar-refractivity contribution in [1.29, 1.82) is 0 Å². The third kappa shape index (κ3) is 5.72. The standard InChI is InChI=1S/C6H14N2O6S2/c9-15(10,11)5-7-1-2-8(4-3-7)6-16(12,13)14/h1-6H2,(H,9,10,11)(H,12,13,14). The van der Waals surface area contributed by atoms with Gasteiger partial charge in [-0.05, 0) is 0 Å². The van der Waals surface area contributed by atoms with Gasteiger partial charge in [0.1, 0.15) is 11.8 Å². The molecule has 0 amide bonds. The van der Waals surface area contributed by atoms with E-state index in [1.807, 2.05) is 0 Å². The summed E-state index contributed by atoms with van der Waals surface area (Å²) < 4.78 is 59.5. The second-order valence-electron chi connectivity index (χ2n) is 3.66. The number of hydrogen-bond acceptors (Lipinski definition) is 6. The summed E-state index contributed by atoms with van der Waals surface area (Å²) in [6.07, 6.45) is 0. The van der Waals surface area contributed by atoms with Crippen molar-refractivity contribution in [2.24, 2.45) is 0 Å². The molecule has 10 heteroatoms. The van der Waals surface area contributed by atoms with E-state index in [1.54, 1.807) is 0 Å². The minimum Gasteiger partial charge on any atom is -0.285 e. The van der Waals surface area contributed by atoms with E-state index >= 15 is 0 Å². The van der Waals surface area contributed by atoms with Gasteiger partial charge in [0.15, 0.2) is 0 Å². The zero-order valence-electron chi connectivity index (χ0n) is 8.48. The predicted octanol–water partition coefficient (Wildman–Crippen LogP) is -1.71. The Morgan fingerprint density at radius 1 is 0.750 bits per heavy atom. The molecule has 0 radical (unpaired) electrons. The first kappa shape index (κ1) is 13.8. The van der Waals surface area contributed by atoms with Crippen LogP contribution in [0.5, 0.6) is 0 Å². The first-order valence-electron chi connectivity index (χ1n) is 4.51. The fourth-order valence-corrected chi connectivity index (χ4v) is 2.95. The van der Waals surface area contributed by atoms with Gasteiger partial charge in [-0.25, -0.2) is 0 Å². The molecule has 0 saturated carbocycles. The molecule has 0 aromatic carbocycles. The third-order valence-electron chi connectivity index (χ3n) is 2.16. The second-order valence-corrected chi connectivity index (χ2v) is 6.50. The van der Waals surface area contributed by atoms with Crippen LogP contribution >= 0.6 is 0 Å². The summed E-state index contributed by atoms with van der Waals surface area (Å²) in [6, 6.07) is 0. The van der Waals surface area contributed by atoms with Crippen LogP contribution in [0, 0.1) is 0 Å². The lowest BCUT2D eigenvalue weighted by Gasteiger charge is -2.32. The Balaban J connectivity index is 2.40. The Bertz CT molecular complexity index is 380. The van der Waals surface area contributed by atoms with Gasteiger partial charge >= 0.3 is 0 Å². The quantitative estimate of drug-likeness (QED) is 0.583. The van der Waals surface area contributed by atoms with Crippen molar-refractivity contribution in [2.45, 2.75) is 0 Å². The van der Waals surface area contributed by atoms with Crippen LogP contribution in [0.1, 0.15) is 0 Å². The molecular formula is C6H14N2O6S2. The SMILES string of the molecule is O=S(=O)(O)CN1CCN(CS(=O)(=O)O)CC1. The average molecular weight is 274 g/mol. The Kier molecular flexibility index (Phi) is 4.26. The molecule has 16 heavy (non-hydrogen) atoms. The predicted molar refractivity (Wildman–Crippen MR) is 56.0 cm³/mol. The normalized spacial score (nSPS) is 21.1. The van der Waals surface area contributed by atoms with Gasteiger partial charge in [0.25, 0.3) is 20.2 Å². The van der Waals surface area contributed by atoms with Crippen LogP contribution in [0.15, 0.2) is 0 Å². The van der Waals surface area contributed by atoms with Crippen molar-refractivity contribution in [3.8, 4) is 0 Å². The number of piperazine rings is 1. The molecule has 0 unspecified atom stereocenters. The van der Waals surface area contributed by atoms with Crippen molar-refractivity contribution >= 4 is 20.2 Å². The molecule has 0 spiro atoms. The van der Waals surface area contributed by atoms with E-state index in [0.29, 0.717) is 26.2 Å². The molecule has 1 rings (SSSR count). The van der Waals surface area contributed by atoms with Crippen LogP contribution in [-0.2, 0) is 20.2 Å². The van der Waals surface area contributed by atoms with E-state index in [4.69, 9.17) is 9.11 Å². The van der Waals surface area contributed by atoms with Gasteiger partial charge in [-0.2, -0.15) is 16.8 Å². The fourth-order valence-electron chi connectivity index (χ4n) is 1.51. The Morgan fingerprint density at radius 3 is 1.19 bits per heavy atom. The molecule has 2 N–H and O–H groups in total. The van der Waals surface area contributed by atoms with E-state index in [2.05, 4.69) is 0 Å². The van der Waals surface area contributed by atoms with Crippen LogP contribution < -0.4 is 0 Å². The lowest BCUT2D eigenvalue weighted by Crippen LogP contribution is -2.49. The van der Waals surface area contributed by atoms with Gasteiger partial charge in [-0.15, -0.1) is 0 Å². The monoisotopic (exact) mass is 274 g/mol. The highest BCUT2D eigenvalue weighted by Crippen LogP contribution is 2.04. The summed E-state index contributed by atoms with van der Waals surface area (Å²) in [6.45, 7) is 1.31. The summed E-state index contributed by atoms with van der Waals surface area (Å²) >= 11 is 0. The summed E-state index contributed by atoms with van der Waals surface area (Å²) in [5.41, 5.74) is 0. The summed E-state index contributed by atoms with van der Waals surface area (Å²) in [4.78, 5) is 2.99. The number of hydrogen-bond donors (Lipinski definition) is 2. The van der Waals surface area contributed by atoms with E-state index in [0.717, 1.165) is 0 Å². The molecule has 96 valence electrons. The number of rotatable bonds is 4. The maximum atomic E-state index is 10.6. The summed E-state index contributed by atoms with van der Waals surface area (Å²) in [5, 5.41) is 0. The van der Waals surface area contributed by atoms with E-state index in [1.165, 1.54) is 9.80 Å². The minimum atomic E-state index is -4.04. The first-order chi connectivity index (χ1) is 7.16. The van der Waals surface area contributed by atoms with Gasteiger partial charge in [0.2, 0.25) is 0 Å². The zero-order valence-corrected chi connectivity index (χ0v) is 10.1. The highest BCUT2D eigenvalue weighted by molar-refractivity contribution is 7.85. The van der Waals surface area contributed by atoms with Gasteiger partial charge in [-0.1, -0.05) is 0 Å². The lowest BCUT2D eigenvalue weighted by atomic mass is 10.4. The lowest BCUT2D eigenvalue weighted by molar-refractivity contribution is 0.160. The van der Waals surface area contributed by atoms with Crippen LogP contribution in [0.25, 0.3) is 0 Å². The van der Waals surface area contributed by atoms with Gasteiger partial charge < -0.3 is 0 Å². The third-order valence-corrected chi connectivity index (χ3v) is 3.54. The average Bonchev–Trinajstić information content (AvgIpc) is 2.03. The molecule has 1 fully saturated rings. The Morgan fingerprint density at radius 2 is 1.00 bits per heavy atom. The van der Waals surface area contributed by atoms with Crippen LogP contribution in [0.4, 0.5) is 0 Å². The van der Waals surface area contributed by atoms with Gasteiger partial charge in [0, 0.05) is 26.2 Å².